The number of ether oxygens (including phenoxy) is 3. The van der Waals surface area contributed by atoms with E-state index in [4.69, 9.17) is 14.2 Å². The maximum absolute atomic E-state index is 12.4. The van der Waals surface area contributed by atoms with Gasteiger partial charge in [0.1, 0.15) is 23.9 Å². The smallest absolute Gasteiger partial charge is 0.334 e. The average molecular weight is 376 g/mol. The summed E-state index contributed by atoms with van der Waals surface area (Å²) in [5.41, 5.74) is 0.373. The minimum absolute atomic E-state index is 0.232. The minimum Gasteiger partial charge on any atom is -0.458 e. The lowest BCUT2D eigenvalue weighted by atomic mass is 9.78. The zero-order valence-electron chi connectivity index (χ0n) is 15.4. The molecule has 2 heterocycles. The van der Waals surface area contributed by atoms with Crippen LogP contribution in [0.2, 0.25) is 0 Å². The van der Waals surface area contributed by atoms with Gasteiger partial charge in [-0.3, -0.25) is 0 Å². The number of epoxide rings is 1. The molecule has 0 aromatic carbocycles. The van der Waals surface area contributed by atoms with E-state index in [1.165, 1.54) is 0 Å². The van der Waals surface area contributed by atoms with Crippen LogP contribution in [0.5, 0.6) is 0 Å². The summed E-state index contributed by atoms with van der Waals surface area (Å²) in [5, 5.41) is 21.2. The SMILES string of the molecule is C=C1C(=O)OC2C1C(OC(=O)C(C)=CC)CC(=C)C1C(O)C(O)C3(CO3)C21. The molecule has 0 aromatic rings. The van der Waals surface area contributed by atoms with E-state index >= 15 is 0 Å². The van der Waals surface area contributed by atoms with Gasteiger partial charge in [-0.05, 0) is 13.8 Å². The van der Waals surface area contributed by atoms with Crippen molar-refractivity contribution in [2.45, 2.75) is 50.3 Å². The fourth-order valence-corrected chi connectivity index (χ4v) is 4.95. The van der Waals surface area contributed by atoms with E-state index < -0.39 is 59.7 Å². The summed E-state index contributed by atoms with van der Waals surface area (Å²) in [6, 6.07) is 0. The third-order valence-corrected chi connectivity index (χ3v) is 6.59. The molecule has 7 heteroatoms. The summed E-state index contributed by atoms with van der Waals surface area (Å²) < 4.78 is 16.9. The van der Waals surface area contributed by atoms with Crippen LogP contribution in [0.25, 0.3) is 0 Å². The van der Waals surface area contributed by atoms with Crippen LogP contribution in [0.4, 0.5) is 0 Å². The molecule has 4 aliphatic rings. The number of fused-ring (bicyclic) bond motifs is 4. The Balaban J connectivity index is 1.74. The second-order valence-corrected chi connectivity index (χ2v) is 7.93. The van der Waals surface area contributed by atoms with Crippen LogP contribution >= 0.6 is 0 Å². The van der Waals surface area contributed by atoms with Crippen molar-refractivity contribution in [3.8, 4) is 0 Å². The van der Waals surface area contributed by atoms with Gasteiger partial charge in [0.25, 0.3) is 0 Å². The number of rotatable bonds is 2. The second-order valence-electron chi connectivity index (χ2n) is 7.93. The number of hydrogen-bond donors (Lipinski definition) is 2. The molecule has 2 aliphatic carbocycles. The first-order chi connectivity index (χ1) is 12.7. The van der Waals surface area contributed by atoms with Crippen LogP contribution in [0.15, 0.2) is 36.0 Å². The lowest BCUT2D eigenvalue weighted by molar-refractivity contribution is -0.149. The lowest BCUT2D eigenvalue weighted by Gasteiger charge is -2.30. The number of aliphatic hydroxyl groups excluding tert-OH is 2. The van der Waals surface area contributed by atoms with Gasteiger partial charge in [-0.1, -0.05) is 24.8 Å². The van der Waals surface area contributed by atoms with Gasteiger partial charge in [-0.2, -0.15) is 0 Å². The number of esters is 2. The summed E-state index contributed by atoms with van der Waals surface area (Å²) in [4.78, 5) is 24.6. The summed E-state index contributed by atoms with van der Waals surface area (Å²) in [6.07, 6.45) is -1.65. The van der Waals surface area contributed by atoms with Crippen LogP contribution in [0, 0.1) is 17.8 Å². The van der Waals surface area contributed by atoms with Crippen molar-refractivity contribution in [3.05, 3.63) is 36.0 Å². The fourth-order valence-electron chi connectivity index (χ4n) is 4.95. The van der Waals surface area contributed by atoms with E-state index in [2.05, 4.69) is 13.2 Å². The van der Waals surface area contributed by atoms with Crippen molar-refractivity contribution in [1.82, 2.24) is 0 Å². The van der Waals surface area contributed by atoms with Gasteiger partial charge in [-0.25, -0.2) is 9.59 Å². The molecule has 4 fully saturated rings. The van der Waals surface area contributed by atoms with E-state index in [1.807, 2.05) is 0 Å². The largest absolute Gasteiger partial charge is 0.458 e. The van der Waals surface area contributed by atoms with Gasteiger partial charge in [0.15, 0.2) is 0 Å². The Labute approximate surface area is 157 Å². The molecule has 0 aromatic heterocycles. The first-order valence-electron chi connectivity index (χ1n) is 9.14. The first-order valence-corrected chi connectivity index (χ1v) is 9.14. The Morgan fingerprint density at radius 1 is 1.33 bits per heavy atom. The van der Waals surface area contributed by atoms with Gasteiger partial charge < -0.3 is 24.4 Å². The van der Waals surface area contributed by atoms with Crippen LogP contribution in [0.3, 0.4) is 0 Å². The first kappa shape index (κ1) is 18.4. The topological polar surface area (TPSA) is 106 Å². The summed E-state index contributed by atoms with van der Waals surface area (Å²) >= 11 is 0. The Morgan fingerprint density at radius 2 is 2.00 bits per heavy atom. The van der Waals surface area contributed by atoms with E-state index in [1.54, 1.807) is 19.9 Å². The average Bonchev–Trinajstić information content (AvgIpc) is 3.35. The Hall–Kier alpha value is -1.96. The highest BCUT2D eigenvalue weighted by Crippen LogP contribution is 2.60. The Bertz CT molecular complexity index is 762. The number of carbonyl (C=O) groups is 2. The molecule has 8 unspecified atom stereocenters. The van der Waals surface area contributed by atoms with Crippen molar-refractivity contribution in [1.29, 1.82) is 0 Å². The molecule has 2 saturated heterocycles. The molecule has 2 N–H and O–H groups in total. The number of allylic oxidation sites excluding steroid dienone is 1. The Morgan fingerprint density at radius 3 is 2.59 bits per heavy atom. The van der Waals surface area contributed by atoms with E-state index in [0.717, 1.165) is 0 Å². The molecule has 27 heavy (non-hydrogen) atoms. The molecule has 2 saturated carbocycles. The molecule has 1 spiro atoms. The number of aliphatic hydroxyl groups is 2. The highest BCUT2D eigenvalue weighted by molar-refractivity contribution is 5.91. The standard InChI is InChI=1S/C20H24O7/c1-5-8(2)18(23)26-11-6-9(3)12-14(16-13(11)10(4)19(24)27-16)20(7-25-20)17(22)15(12)21/h5,11-17,21-22H,3-4,6-7H2,1-2H3. The predicted octanol–water partition coefficient (Wildman–Crippen LogP) is 0.659. The molecule has 146 valence electrons. The summed E-state index contributed by atoms with van der Waals surface area (Å²) in [6.45, 7) is 11.6. The second kappa shape index (κ2) is 6.02. The zero-order chi connectivity index (χ0) is 19.7. The maximum Gasteiger partial charge on any atom is 0.334 e. The van der Waals surface area contributed by atoms with Crippen LogP contribution in [0.1, 0.15) is 20.3 Å². The van der Waals surface area contributed by atoms with Gasteiger partial charge in [0.2, 0.25) is 0 Å². The molecule has 0 radical (unpaired) electrons. The zero-order valence-corrected chi connectivity index (χ0v) is 15.4. The summed E-state index contributed by atoms with van der Waals surface area (Å²) in [7, 11) is 0. The van der Waals surface area contributed by atoms with Crippen molar-refractivity contribution >= 4 is 11.9 Å². The van der Waals surface area contributed by atoms with Crippen molar-refractivity contribution in [2.24, 2.45) is 17.8 Å². The van der Waals surface area contributed by atoms with E-state index in [-0.39, 0.29) is 18.6 Å². The number of hydrogen-bond acceptors (Lipinski definition) is 7. The van der Waals surface area contributed by atoms with Gasteiger partial charge in [-0.15, -0.1) is 0 Å². The molecule has 8 atom stereocenters. The molecule has 0 amide bonds. The van der Waals surface area contributed by atoms with Crippen molar-refractivity contribution < 1.29 is 34.0 Å². The predicted molar refractivity (Wildman–Crippen MR) is 93.3 cm³/mol. The van der Waals surface area contributed by atoms with Crippen LogP contribution in [-0.4, -0.2) is 58.8 Å². The monoisotopic (exact) mass is 376 g/mol. The van der Waals surface area contributed by atoms with Gasteiger partial charge in [0.05, 0.1) is 18.6 Å². The normalized spacial score (nSPS) is 46.0. The highest BCUT2D eigenvalue weighted by atomic mass is 16.6. The van der Waals surface area contributed by atoms with E-state index in [0.29, 0.717) is 11.1 Å². The fraction of sp³-hybridized carbons (Fsp3) is 0.600. The minimum atomic E-state index is -1.08. The van der Waals surface area contributed by atoms with E-state index in [9.17, 15) is 19.8 Å². The van der Waals surface area contributed by atoms with Crippen molar-refractivity contribution in [3.63, 3.8) is 0 Å². The van der Waals surface area contributed by atoms with Gasteiger partial charge in [0, 0.05) is 29.4 Å². The van der Waals surface area contributed by atoms with Crippen molar-refractivity contribution in [2.75, 3.05) is 6.61 Å². The third-order valence-electron chi connectivity index (χ3n) is 6.59. The highest BCUT2D eigenvalue weighted by Gasteiger charge is 2.74. The molecule has 0 bridgehead atoms. The molecular weight excluding hydrogens is 352 g/mol. The lowest BCUT2D eigenvalue weighted by Crippen LogP contribution is -2.43. The number of carbonyl (C=O) groups excluding carboxylic acids is 2. The summed E-state index contributed by atoms with van der Waals surface area (Å²) in [5.74, 6) is -2.58. The Kier molecular flexibility index (Phi) is 4.10. The quantitative estimate of drug-likeness (QED) is 0.316. The maximum atomic E-state index is 12.4. The van der Waals surface area contributed by atoms with Gasteiger partial charge >= 0.3 is 11.9 Å². The third kappa shape index (κ3) is 2.45. The van der Waals surface area contributed by atoms with Crippen LogP contribution in [-0.2, 0) is 23.8 Å². The molecule has 4 rings (SSSR count). The molecule has 7 nitrogen and oxygen atoms in total. The molecular formula is C20H24O7. The molecule has 2 aliphatic heterocycles. The van der Waals surface area contributed by atoms with Crippen LogP contribution < -0.4 is 0 Å².